The van der Waals surface area contributed by atoms with Crippen LogP contribution in [0.15, 0.2) is 48.5 Å². The Balaban J connectivity index is 2.07. The van der Waals surface area contributed by atoms with Gasteiger partial charge in [-0.05, 0) is 36.8 Å². The predicted molar refractivity (Wildman–Crippen MR) is 97.2 cm³/mol. The summed E-state index contributed by atoms with van der Waals surface area (Å²) in [5.74, 6) is -0.229. The minimum Gasteiger partial charge on any atom is -0.350 e. The van der Waals surface area contributed by atoms with Gasteiger partial charge in [0.15, 0.2) is 0 Å². The lowest BCUT2D eigenvalue weighted by molar-refractivity contribution is 0.0954. The molecule has 1 N–H and O–H groups in total. The molecule has 0 radical (unpaired) electrons. The maximum absolute atomic E-state index is 12.2. The van der Waals surface area contributed by atoms with Gasteiger partial charge in [0.1, 0.15) is 0 Å². The first-order chi connectivity index (χ1) is 11.3. The molecule has 0 unspecified atom stereocenters. The Labute approximate surface area is 147 Å². The Kier molecular flexibility index (Phi) is 5.85. The lowest BCUT2D eigenvalue weighted by Crippen LogP contribution is -2.38. The summed E-state index contributed by atoms with van der Waals surface area (Å²) in [6.45, 7) is 2.16. The maximum Gasteiger partial charge on any atom is 0.251 e. The molecule has 0 aromatic heterocycles. The molecule has 0 heterocycles. The Hall–Kier alpha value is -2.05. The molecule has 0 saturated heterocycles. The first-order valence-electron chi connectivity index (χ1n) is 7.36. The van der Waals surface area contributed by atoms with Crippen LogP contribution in [0.5, 0.6) is 0 Å². The van der Waals surface area contributed by atoms with E-state index in [1.807, 2.05) is 19.1 Å². The number of hydrogen-bond acceptors (Lipinski definition) is 3. The quantitative estimate of drug-likeness (QED) is 0.854. The number of rotatable bonds is 6. The number of amides is 1. The van der Waals surface area contributed by atoms with Crippen LogP contribution in [-0.2, 0) is 10.0 Å². The fourth-order valence-electron chi connectivity index (χ4n) is 2.31. The number of benzene rings is 2. The van der Waals surface area contributed by atoms with Crippen LogP contribution in [0, 0.1) is 6.92 Å². The molecule has 24 heavy (non-hydrogen) atoms. The minimum absolute atomic E-state index is 0.122. The number of halogens is 1. The van der Waals surface area contributed by atoms with E-state index in [1.165, 1.54) is 4.31 Å². The van der Waals surface area contributed by atoms with Crippen molar-refractivity contribution < 1.29 is 13.2 Å². The summed E-state index contributed by atoms with van der Waals surface area (Å²) in [7, 11) is -3.48. The molecule has 2 aromatic rings. The van der Waals surface area contributed by atoms with Gasteiger partial charge in [0.2, 0.25) is 10.0 Å². The molecule has 5 nitrogen and oxygen atoms in total. The zero-order valence-corrected chi connectivity index (χ0v) is 15.1. The topological polar surface area (TPSA) is 66.5 Å². The van der Waals surface area contributed by atoms with E-state index in [1.54, 1.807) is 36.4 Å². The predicted octanol–water partition coefficient (Wildman–Crippen LogP) is 2.84. The van der Waals surface area contributed by atoms with E-state index >= 15 is 0 Å². The van der Waals surface area contributed by atoms with Crippen LogP contribution in [0.2, 0.25) is 5.02 Å². The zero-order valence-electron chi connectivity index (χ0n) is 13.5. The highest BCUT2D eigenvalue weighted by atomic mass is 35.5. The van der Waals surface area contributed by atoms with Gasteiger partial charge >= 0.3 is 0 Å². The molecule has 0 aliphatic rings. The van der Waals surface area contributed by atoms with Crippen molar-refractivity contribution in [2.75, 3.05) is 23.7 Å². The van der Waals surface area contributed by atoms with Gasteiger partial charge in [-0.3, -0.25) is 9.10 Å². The first kappa shape index (κ1) is 18.3. The molecule has 128 valence electrons. The first-order valence-corrected chi connectivity index (χ1v) is 9.59. The highest BCUT2D eigenvalue weighted by molar-refractivity contribution is 7.92. The number of nitrogens with one attached hydrogen (secondary N) is 1. The van der Waals surface area contributed by atoms with E-state index in [0.717, 1.165) is 11.8 Å². The summed E-state index contributed by atoms with van der Waals surface area (Å²) in [6.07, 6.45) is 1.12. The number of carbonyl (C=O) groups excluding carboxylic acids is 1. The Morgan fingerprint density at radius 3 is 2.50 bits per heavy atom. The summed E-state index contributed by atoms with van der Waals surface area (Å²) in [5, 5.41) is 3.20. The molecule has 2 aromatic carbocycles. The lowest BCUT2D eigenvalue weighted by Gasteiger charge is -2.22. The zero-order chi connectivity index (χ0) is 17.7. The van der Waals surface area contributed by atoms with Crippen molar-refractivity contribution in [2.24, 2.45) is 0 Å². The standard InChI is InChI=1S/C17H19ClN2O3S/c1-13-6-3-4-9-16(13)17(21)19-10-11-20(24(2,22)23)15-8-5-7-14(18)12-15/h3-9,12H,10-11H2,1-2H3,(H,19,21). The molecule has 0 aliphatic carbocycles. The number of nitrogens with zero attached hydrogens (tertiary/aromatic N) is 1. The second kappa shape index (κ2) is 7.68. The van der Waals surface area contributed by atoms with Crippen molar-refractivity contribution in [3.05, 3.63) is 64.7 Å². The van der Waals surface area contributed by atoms with E-state index in [9.17, 15) is 13.2 Å². The molecule has 0 fully saturated rings. The maximum atomic E-state index is 12.2. The highest BCUT2D eigenvalue weighted by Gasteiger charge is 2.18. The summed E-state index contributed by atoms with van der Waals surface area (Å²) in [5.41, 5.74) is 1.91. The van der Waals surface area contributed by atoms with Crippen molar-refractivity contribution in [2.45, 2.75) is 6.92 Å². The number of aryl methyl sites for hydroxylation is 1. The third-order valence-electron chi connectivity index (χ3n) is 3.49. The summed E-state index contributed by atoms with van der Waals surface area (Å²) < 4.78 is 25.2. The van der Waals surface area contributed by atoms with Crippen molar-refractivity contribution in [3.8, 4) is 0 Å². The molecule has 7 heteroatoms. The van der Waals surface area contributed by atoms with Crippen LogP contribution in [0.25, 0.3) is 0 Å². The van der Waals surface area contributed by atoms with Gasteiger partial charge in [0.05, 0.1) is 18.5 Å². The Morgan fingerprint density at radius 1 is 1.17 bits per heavy atom. The van der Waals surface area contributed by atoms with E-state index in [4.69, 9.17) is 11.6 Å². The fourth-order valence-corrected chi connectivity index (χ4v) is 3.42. The Bertz CT molecular complexity index is 837. The largest absolute Gasteiger partial charge is 0.350 e. The summed E-state index contributed by atoms with van der Waals surface area (Å²) in [4.78, 5) is 12.2. The van der Waals surface area contributed by atoms with Crippen molar-refractivity contribution >= 4 is 33.2 Å². The van der Waals surface area contributed by atoms with Gasteiger partial charge < -0.3 is 5.32 Å². The van der Waals surface area contributed by atoms with Crippen LogP contribution < -0.4 is 9.62 Å². The van der Waals surface area contributed by atoms with Gasteiger partial charge in [-0.1, -0.05) is 35.9 Å². The highest BCUT2D eigenvalue weighted by Crippen LogP contribution is 2.21. The van der Waals surface area contributed by atoms with E-state index in [0.29, 0.717) is 16.3 Å². The Morgan fingerprint density at radius 2 is 1.88 bits per heavy atom. The van der Waals surface area contributed by atoms with E-state index < -0.39 is 10.0 Å². The normalized spacial score (nSPS) is 11.1. The van der Waals surface area contributed by atoms with Crippen molar-refractivity contribution in [1.82, 2.24) is 5.32 Å². The second-order valence-corrected chi connectivity index (χ2v) is 7.73. The van der Waals surface area contributed by atoms with Crippen LogP contribution in [-0.4, -0.2) is 33.7 Å². The second-order valence-electron chi connectivity index (χ2n) is 5.39. The van der Waals surface area contributed by atoms with Crippen molar-refractivity contribution in [3.63, 3.8) is 0 Å². The monoisotopic (exact) mass is 366 g/mol. The smallest absolute Gasteiger partial charge is 0.251 e. The number of carbonyl (C=O) groups is 1. The third kappa shape index (κ3) is 4.72. The molecule has 0 saturated carbocycles. The molecule has 0 spiro atoms. The van der Waals surface area contributed by atoms with Crippen LogP contribution in [0.1, 0.15) is 15.9 Å². The van der Waals surface area contributed by atoms with Gasteiger partial charge in [0.25, 0.3) is 5.91 Å². The van der Waals surface area contributed by atoms with Crippen LogP contribution in [0.4, 0.5) is 5.69 Å². The molecular formula is C17H19ClN2O3S. The summed E-state index contributed by atoms with van der Waals surface area (Å²) >= 11 is 5.93. The van der Waals surface area contributed by atoms with Gasteiger partial charge in [-0.2, -0.15) is 0 Å². The minimum atomic E-state index is -3.48. The van der Waals surface area contributed by atoms with Gasteiger partial charge in [-0.15, -0.1) is 0 Å². The number of anilines is 1. The lowest BCUT2D eigenvalue weighted by atomic mass is 10.1. The molecule has 2 rings (SSSR count). The molecule has 0 aliphatic heterocycles. The van der Waals surface area contributed by atoms with E-state index in [-0.39, 0.29) is 19.0 Å². The molecule has 0 atom stereocenters. The van der Waals surface area contributed by atoms with Crippen LogP contribution in [0.3, 0.4) is 0 Å². The van der Waals surface area contributed by atoms with Crippen LogP contribution >= 0.6 is 11.6 Å². The van der Waals surface area contributed by atoms with E-state index in [2.05, 4.69) is 5.32 Å². The third-order valence-corrected chi connectivity index (χ3v) is 4.92. The molecular weight excluding hydrogens is 348 g/mol. The fraction of sp³-hybridized carbons (Fsp3) is 0.235. The SMILES string of the molecule is Cc1ccccc1C(=O)NCCN(c1cccc(Cl)c1)S(C)(=O)=O. The average Bonchev–Trinajstić information content (AvgIpc) is 2.50. The average molecular weight is 367 g/mol. The molecule has 0 bridgehead atoms. The van der Waals surface area contributed by atoms with Crippen molar-refractivity contribution in [1.29, 1.82) is 0 Å². The van der Waals surface area contributed by atoms with Gasteiger partial charge in [0, 0.05) is 17.1 Å². The van der Waals surface area contributed by atoms with Gasteiger partial charge in [-0.25, -0.2) is 8.42 Å². The summed E-state index contributed by atoms with van der Waals surface area (Å²) in [6, 6.07) is 13.8. The number of sulfonamides is 1. The molecule has 1 amide bonds. The number of hydrogen-bond donors (Lipinski definition) is 1.